The van der Waals surface area contributed by atoms with E-state index in [1.807, 2.05) is 13.0 Å². The summed E-state index contributed by atoms with van der Waals surface area (Å²) in [5.74, 6) is 0.145. The maximum absolute atomic E-state index is 11.7. The van der Waals surface area contributed by atoms with E-state index in [2.05, 4.69) is 26.0 Å². The first-order valence-corrected chi connectivity index (χ1v) is 9.21. The van der Waals surface area contributed by atoms with Crippen molar-refractivity contribution >= 4 is 5.91 Å². The minimum absolute atomic E-state index is 0.145. The van der Waals surface area contributed by atoms with Crippen LogP contribution < -0.4 is 5.32 Å². The van der Waals surface area contributed by atoms with E-state index in [-0.39, 0.29) is 12.5 Å². The summed E-state index contributed by atoms with van der Waals surface area (Å²) < 4.78 is 0. The van der Waals surface area contributed by atoms with Crippen LogP contribution in [-0.4, -0.2) is 73.2 Å². The van der Waals surface area contributed by atoms with Crippen LogP contribution in [-0.2, 0) is 9.63 Å². The molecule has 25 heavy (non-hydrogen) atoms. The van der Waals surface area contributed by atoms with Crippen molar-refractivity contribution in [3.05, 3.63) is 22.3 Å². The largest absolute Gasteiger partial charge is 0.356 e. The lowest BCUT2D eigenvalue weighted by atomic mass is 10.2. The molecule has 0 spiro atoms. The molecule has 1 heterocycles. The minimum atomic E-state index is -0.737. The van der Waals surface area contributed by atoms with Crippen molar-refractivity contribution < 1.29 is 14.7 Å². The topological polar surface area (TPSA) is 88.0 Å². The highest BCUT2D eigenvalue weighted by atomic mass is 16.9. The van der Waals surface area contributed by atoms with E-state index < -0.39 is 5.09 Å². The molecular weight excluding hydrogens is 324 g/mol. The van der Waals surface area contributed by atoms with Gasteiger partial charge in [-0.25, -0.2) is 0 Å². The molecule has 1 saturated heterocycles. The van der Waals surface area contributed by atoms with Gasteiger partial charge in [0.15, 0.2) is 0 Å². The standard InChI is InChI=1S/C17H32N4O4/c1-2-3-4-5-8-17(22)18-9-6-10-19-12-14-20(15-13-19)11-7-16-25-21(23)24/h2-3H,4-16H2,1H3,(H,18,22)/b3-2-. The highest BCUT2D eigenvalue weighted by molar-refractivity contribution is 5.75. The van der Waals surface area contributed by atoms with Crippen molar-refractivity contribution in [2.24, 2.45) is 0 Å². The molecule has 0 saturated carbocycles. The van der Waals surface area contributed by atoms with Gasteiger partial charge in [-0.3, -0.25) is 4.79 Å². The molecule has 0 radical (unpaired) electrons. The maximum atomic E-state index is 11.7. The molecule has 1 amide bonds. The van der Waals surface area contributed by atoms with Gasteiger partial charge in [-0.2, -0.15) is 0 Å². The number of allylic oxidation sites excluding steroid dienone is 2. The number of piperazine rings is 1. The zero-order valence-corrected chi connectivity index (χ0v) is 15.3. The Hall–Kier alpha value is -1.67. The van der Waals surface area contributed by atoms with Crippen LogP contribution in [0.2, 0.25) is 0 Å². The molecule has 8 heteroatoms. The van der Waals surface area contributed by atoms with Crippen molar-refractivity contribution in [1.29, 1.82) is 0 Å². The summed E-state index contributed by atoms with van der Waals surface area (Å²) in [5.41, 5.74) is 0. The Morgan fingerprint density at radius 2 is 1.80 bits per heavy atom. The second-order valence-corrected chi connectivity index (χ2v) is 6.26. The smallest absolute Gasteiger partial charge is 0.294 e. The lowest BCUT2D eigenvalue weighted by molar-refractivity contribution is -0.757. The fraction of sp³-hybridized carbons (Fsp3) is 0.824. The molecule has 0 atom stereocenters. The van der Waals surface area contributed by atoms with Gasteiger partial charge in [-0.1, -0.05) is 12.2 Å². The predicted molar refractivity (Wildman–Crippen MR) is 96.7 cm³/mol. The molecule has 1 N–H and O–H groups in total. The van der Waals surface area contributed by atoms with Crippen molar-refractivity contribution in [3.8, 4) is 0 Å². The number of unbranched alkanes of at least 4 members (excludes halogenated alkanes) is 1. The Morgan fingerprint density at radius 3 is 2.40 bits per heavy atom. The van der Waals surface area contributed by atoms with Gasteiger partial charge in [0.05, 0.1) is 6.61 Å². The molecule has 144 valence electrons. The Balaban J connectivity index is 1.96. The molecule has 1 fully saturated rings. The number of nitrogens with zero attached hydrogens (tertiary/aromatic N) is 3. The van der Waals surface area contributed by atoms with Gasteiger partial charge in [-0.15, -0.1) is 10.1 Å². The monoisotopic (exact) mass is 356 g/mol. The number of nitrogens with one attached hydrogen (secondary N) is 1. The Labute approximate surface area is 150 Å². The molecule has 0 unspecified atom stereocenters. The third-order valence-electron chi connectivity index (χ3n) is 4.26. The summed E-state index contributed by atoms with van der Waals surface area (Å²) in [4.78, 5) is 30.8. The van der Waals surface area contributed by atoms with Crippen molar-refractivity contribution in [1.82, 2.24) is 15.1 Å². The second kappa shape index (κ2) is 13.6. The van der Waals surface area contributed by atoms with Gasteiger partial charge in [0, 0.05) is 45.7 Å². The summed E-state index contributed by atoms with van der Waals surface area (Å²) >= 11 is 0. The fourth-order valence-electron chi connectivity index (χ4n) is 2.83. The number of hydrogen-bond acceptors (Lipinski definition) is 6. The van der Waals surface area contributed by atoms with Gasteiger partial charge < -0.3 is 20.0 Å². The summed E-state index contributed by atoms with van der Waals surface area (Å²) in [6.07, 6.45) is 8.22. The van der Waals surface area contributed by atoms with Crippen LogP contribution in [0.5, 0.6) is 0 Å². The van der Waals surface area contributed by atoms with E-state index in [0.29, 0.717) is 12.8 Å². The van der Waals surface area contributed by atoms with E-state index >= 15 is 0 Å². The Kier molecular flexibility index (Phi) is 11.6. The molecule has 8 nitrogen and oxygen atoms in total. The van der Waals surface area contributed by atoms with E-state index in [1.54, 1.807) is 0 Å². The Morgan fingerprint density at radius 1 is 1.16 bits per heavy atom. The average Bonchev–Trinajstić information content (AvgIpc) is 2.60. The molecule has 1 aliphatic heterocycles. The third-order valence-corrected chi connectivity index (χ3v) is 4.26. The van der Waals surface area contributed by atoms with Crippen LogP contribution in [0.25, 0.3) is 0 Å². The lowest BCUT2D eigenvalue weighted by Crippen LogP contribution is -2.47. The normalized spacial score (nSPS) is 16.2. The lowest BCUT2D eigenvalue weighted by Gasteiger charge is -2.34. The summed E-state index contributed by atoms with van der Waals surface area (Å²) in [6, 6.07) is 0. The fourth-order valence-corrected chi connectivity index (χ4v) is 2.83. The molecule has 0 aromatic carbocycles. The van der Waals surface area contributed by atoms with Crippen LogP contribution in [0.4, 0.5) is 0 Å². The zero-order chi connectivity index (χ0) is 18.3. The molecule has 1 aliphatic rings. The summed E-state index contributed by atoms with van der Waals surface area (Å²) in [5, 5.41) is 12.3. The molecule has 0 aromatic heterocycles. The first kappa shape index (κ1) is 21.4. The third kappa shape index (κ3) is 11.5. The van der Waals surface area contributed by atoms with E-state index in [9.17, 15) is 14.9 Å². The van der Waals surface area contributed by atoms with Crippen LogP contribution in [0.15, 0.2) is 12.2 Å². The first-order chi connectivity index (χ1) is 12.1. The predicted octanol–water partition coefficient (Wildman–Crippen LogP) is 1.46. The molecular formula is C17H32N4O4. The summed E-state index contributed by atoms with van der Waals surface area (Å²) in [7, 11) is 0. The second-order valence-electron chi connectivity index (χ2n) is 6.26. The van der Waals surface area contributed by atoms with Gasteiger partial charge in [0.1, 0.15) is 0 Å². The quantitative estimate of drug-likeness (QED) is 0.233. The SMILES string of the molecule is C/C=C\CCCC(=O)NCCCN1CCN(CCCO[N+](=O)[O-])CC1. The number of amides is 1. The van der Waals surface area contributed by atoms with E-state index in [1.165, 1.54) is 0 Å². The zero-order valence-electron chi connectivity index (χ0n) is 15.3. The molecule has 1 rings (SSSR count). The molecule has 0 aromatic rings. The highest BCUT2D eigenvalue weighted by Gasteiger charge is 2.16. The van der Waals surface area contributed by atoms with Crippen molar-refractivity contribution in [3.63, 3.8) is 0 Å². The minimum Gasteiger partial charge on any atom is -0.356 e. The van der Waals surface area contributed by atoms with Crippen molar-refractivity contribution in [2.75, 3.05) is 52.4 Å². The van der Waals surface area contributed by atoms with Crippen LogP contribution in [0.1, 0.15) is 39.0 Å². The number of carbonyl (C=O) groups excluding carboxylic acids is 1. The number of hydrogen-bond donors (Lipinski definition) is 1. The number of carbonyl (C=O) groups is 1. The van der Waals surface area contributed by atoms with Gasteiger partial charge in [-0.05, 0) is 39.2 Å². The van der Waals surface area contributed by atoms with E-state index in [0.717, 1.165) is 65.1 Å². The van der Waals surface area contributed by atoms with Crippen LogP contribution >= 0.6 is 0 Å². The van der Waals surface area contributed by atoms with Crippen LogP contribution in [0, 0.1) is 10.1 Å². The molecule has 0 aliphatic carbocycles. The maximum Gasteiger partial charge on any atom is 0.294 e. The average molecular weight is 356 g/mol. The van der Waals surface area contributed by atoms with Gasteiger partial charge in [0.2, 0.25) is 5.91 Å². The number of rotatable bonds is 13. The van der Waals surface area contributed by atoms with E-state index in [4.69, 9.17) is 0 Å². The van der Waals surface area contributed by atoms with Gasteiger partial charge in [0.25, 0.3) is 5.09 Å². The molecule has 0 bridgehead atoms. The van der Waals surface area contributed by atoms with Crippen molar-refractivity contribution in [2.45, 2.75) is 39.0 Å². The van der Waals surface area contributed by atoms with Crippen LogP contribution in [0.3, 0.4) is 0 Å². The first-order valence-electron chi connectivity index (χ1n) is 9.21. The summed E-state index contributed by atoms with van der Waals surface area (Å²) in [6.45, 7) is 8.71. The highest BCUT2D eigenvalue weighted by Crippen LogP contribution is 2.03. The van der Waals surface area contributed by atoms with Gasteiger partial charge >= 0.3 is 0 Å². The Bertz CT molecular complexity index is 409.